The van der Waals surface area contributed by atoms with Gasteiger partial charge < -0.3 is 10.1 Å². The van der Waals surface area contributed by atoms with Crippen LogP contribution in [0.15, 0.2) is 98.9 Å². The van der Waals surface area contributed by atoms with Gasteiger partial charge in [-0.1, -0.05) is 56.1 Å². The molecule has 1 aromatic heterocycles. The molecule has 4 aromatic carbocycles. The molecular formula is C30H16Br2N2O4. The Kier molecular flexibility index (Phi) is 5.93. The quantitative estimate of drug-likeness (QED) is 0.261. The van der Waals surface area contributed by atoms with E-state index in [-0.39, 0.29) is 33.9 Å². The molecule has 0 fully saturated rings. The molecule has 1 aliphatic rings. The highest BCUT2D eigenvalue weighted by atomic mass is 79.9. The van der Waals surface area contributed by atoms with E-state index < -0.39 is 5.91 Å². The van der Waals surface area contributed by atoms with E-state index in [9.17, 15) is 19.5 Å². The summed E-state index contributed by atoms with van der Waals surface area (Å²) in [6.45, 7) is 0. The zero-order valence-corrected chi connectivity index (χ0v) is 22.6. The van der Waals surface area contributed by atoms with Crippen LogP contribution < -0.4 is 10.6 Å². The van der Waals surface area contributed by atoms with Crippen LogP contribution in [0.5, 0.6) is 5.88 Å². The third kappa shape index (κ3) is 3.93. The van der Waals surface area contributed by atoms with Gasteiger partial charge in [-0.05, 0) is 60.7 Å². The van der Waals surface area contributed by atoms with E-state index in [0.29, 0.717) is 38.4 Å². The standard InChI is InChI=1S/C30H16Br2N2O4/c31-17-11-7-15(8-12-17)27(35)21-5-1-3-19-23(29(37)33-25(19)21)24-20-4-2-6-22(26(20)34-30(24)38)28(36)16-9-13-18(32)14-10-16/h1-14,33,37H. The summed E-state index contributed by atoms with van der Waals surface area (Å²) in [4.78, 5) is 46.9. The summed E-state index contributed by atoms with van der Waals surface area (Å²) in [5.74, 6) is -1.33. The van der Waals surface area contributed by atoms with E-state index in [4.69, 9.17) is 0 Å². The van der Waals surface area contributed by atoms with Gasteiger partial charge in [0.05, 0.1) is 22.0 Å². The Morgan fingerprint density at radius 1 is 0.737 bits per heavy atom. The van der Waals surface area contributed by atoms with Crippen molar-refractivity contribution in [3.05, 3.63) is 132 Å². The summed E-state index contributed by atoms with van der Waals surface area (Å²) in [5.41, 5.74) is 2.41. The first kappa shape index (κ1) is 24.2. The van der Waals surface area contributed by atoms with Crippen molar-refractivity contribution in [3.8, 4) is 5.88 Å². The van der Waals surface area contributed by atoms with Crippen LogP contribution in [0.3, 0.4) is 0 Å². The molecule has 0 unspecified atom stereocenters. The fraction of sp³-hybridized carbons (Fsp3) is 0. The Morgan fingerprint density at radius 3 is 1.92 bits per heavy atom. The first-order valence-electron chi connectivity index (χ1n) is 11.5. The topological polar surface area (TPSA) is 99.6 Å². The minimum Gasteiger partial charge on any atom is -0.494 e. The molecule has 8 heteroatoms. The number of benzene rings is 4. The lowest BCUT2D eigenvalue weighted by molar-refractivity contribution is -0.112. The van der Waals surface area contributed by atoms with E-state index in [1.54, 1.807) is 84.9 Å². The number of para-hydroxylation sites is 2. The summed E-state index contributed by atoms with van der Waals surface area (Å²) in [5, 5.41) is 12.2. The minimum atomic E-state index is -0.572. The first-order valence-corrected chi connectivity index (χ1v) is 13.1. The number of fused-ring (bicyclic) bond motifs is 2. The Balaban J connectivity index is 1.53. The van der Waals surface area contributed by atoms with Gasteiger partial charge >= 0.3 is 0 Å². The second-order valence-electron chi connectivity index (χ2n) is 8.74. The van der Waals surface area contributed by atoms with Gasteiger partial charge in [0.25, 0.3) is 5.91 Å². The number of aromatic nitrogens is 1. The molecule has 184 valence electrons. The van der Waals surface area contributed by atoms with Crippen LogP contribution in [0.25, 0.3) is 16.5 Å². The maximum absolute atomic E-state index is 13.3. The van der Waals surface area contributed by atoms with Gasteiger partial charge in [-0.3, -0.25) is 14.4 Å². The molecule has 1 amide bonds. The number of hydrogen-bond donors (Lipinski definition) is 2. The summed E-state index contributed by atoms with van der Waals surface area (Å²) >= 11 is 6.74. The first-order chi connectivity index (χ1) is 18.3. The maximum atomic E-state index is 13.3. The number of halogens is 2. The number of nitrogens with one attached hydrogen (secondary N) is 1. The third-order valence-electron chi connectivity index (χ3n) is 6.50. The molecule has 0 atom stereocenters. The van der Waals surface area contributed by atoms with E-state index >= 15 is 0 Å². The van der Waals surface area contributed by atoms with Crippen molar-refractivity contribution >= 4 is 65.8 Å². The van der Waals surface area contributed by atoms with Gasteiger partial charge in [-0.25, -0.2) is 4.99 Å². The van der Waals surface area contributed by atoms with E-state index in [1.165, 1.54) is 0 Å². The van der Waals surface area contributed by atoms with Crippen LogP contribution >= 0.6 is 31.9 Å². The average molecular weight is 628 g/mol. The molecule has 0 saturated carbocycles. The van der Waals surface area contributed by atoms with Crippen LogP contribution in [0.2, 0.25) is 0 Å². The average Bonchev–Trinajstić information content (AvgIpc) is 3.43. The van der Waals surface area contributed by atoms with E-state index in [1.807, 2.05) is 0 Å². The molecule has 6 nitrogen and oxygen atoms in total. The number of carbonyl (C=O) groups is 3. The smallest absolute Gasteiger partial charge is 0.279 e. The van der Waals surface area contributed by atoms with Crippen molar-refractivity contribution < 1.29 is 19.5 Å². The van der Waals surface area contributed by atoms with Gasteiger partial charge in [0.2, 0.25) is 0 Å². The Bertz CT molecular complexity index is 1940. The fourth-order valence-corrected chi connectivity index (χ4v) is 5.25. The number of nitrogens with zero attached hydrogens (tertiary/aromatic N) is 1. The summed E-state index contributed by atoms with van der Waals surface area (Å²) in [7, 11) is 0. The summed E-state index contributed by atoms with van der Waals surface area (Å²) in [6.07, 6.45) is 0. The second kappa shape index (κ2) is 9.31. The zero-order valence-electron chi connectivity index (χ0n) is 19.5. The highest BCUT2D eigenvalue weighted by molar-refractivity contribution is 9.10. The maximum Gasteiger partial charge on any atom is 0.279 e. The molecule has 0 radical (unpaired) electrons. The molecule has 1 aliphatic heterocycles. The van der Waals surface area contributed by atoms with Crippen LogP contribution in [0, 0.1) is 0 Å². The number of aromatic amines is 1. The largest absolute Gasteiger partial charge is 0.494 e. The highest BCUT2D eigenvalue weighted by Crippen LogP contribution is 2.35. The molecule has 0 bridgehead atoms. The van der Waals surface area contributed by atoms with Crippen LogP contribution in [-0.2, 0) is 4.79 Å². The van der Waals surface area contributed by atoms with Crippen molar-refractivity contribution in [1.29, 1.82) is 0 Å². The number of rotatable bonds is 5. The molecular weight excluding hydrogens is 612 g/mol. The number of hydrogen-bond acceptors (Lipinski definition) is 4. The monoisotopic (exact) mass is 626 g/mol. The molecule has 0 aliphatic carbocycles. The Labute approximate surface area is 232 Å². The molecule has 0 saturated heterocycles. The normalized spacial score (nSPS) is 12.5. The minimum absolute atomic E-state index is 0.169. The summed E-state index contributed by atoms with van der Waals surface area (Å²) in [6, 6.07) is 24.0. The van der Waals surface area contributed by atoms with Crippen LogP contribution in [-0.4, -0.2) is 27.6 Å². The molecule has 38 heavy (non-hydrogen) atoms. The lowest BCUT2D eigenvalue weighted by atomic mass is 9.96. The third-order valence-corrected chi connectivity index (χ3v) is 7.56. The number of aromatic hydroxyl groups is 1. The van der Waals surface area contributed by atoms with Crippen molar-refractivity contribution in [3.63, 3.8) is 0 Å². The van der Waals surface area contributed by atoms with Crippen molar-refractivity contribution in [2.75, 3.05) is 0 Å². The number of H-pyrrole nitrogens is 1. The predicted octanol–water partition coefficient (Wildman–Crippen LogP) is 5.22. The number of carbonyl (C=O) groups excluding carboxylic acids is 3. The van der Waals surface area contributed by atoms with Crippen LogP contribution in [0.1, 0.15) is 37.4 Å². The molecule has 5 aromatic rings. The van der Waals surface area contributed by atoms with E-state index in [0.717, 1.165) is 8.95 Å². The van der Waals surface area contributed by atoms with Gasteiger partial charge in [-0.15, -0.1) is 0 Å². The van der Waals surface area contributed by atoms with Gasteiger partial charge in [0, 0.05) is 41.8 Å². The lowest BCUT2D eigenvalue weighted by Gasteiger charge is -2.04. The molecule has 6 rings (SSSR count). The SMILES string of the molecule is O=C1N=c2c(C(=O)c3ccc(Br)cc3)cccc2=C1c1c(O)[nH]c2c(C(=O)c3ccc(Br)cc3)cccc12. The Morgan fingerprint density at radius 2 is 1.29 bits per heavy atom. The Hall–Kier alpha value is -4.14. The van der Waals surface area contributed by atoms with Gasteiger partial charge in [0.1, 0.15) is 0 Å². The zero-order chi connectivity index (χ0) is 26.6. The van der Waals surface area contributed by atoms with Crippen LogP contribution in [0.4, 0.5) is 0 Å². The number of ketones is 2. The van der Waals surface area contributed by atoms with Gasteiger partial charge in [0.15, 0.2) is 17.4 Å². The lowest BCUT2D eigenvalue weighted by Crippen LogP contribution is -2.30. The molecule has 2 N–H and O–H groups in total. The van der Waals surface area contributed by atoms with Crippen molar-refractivity contribution in [1.82, 2.24) is 4.98 Å². The molecule has 0 spiro atoms. The van der Waals surface area contributed by atoms with Crippen molar-refractivity contribution in [2.45, 2.75) is 0 Å². The summed E-state index contributed by atoms with van der Waals surface area (Å²) < 4.78 is 1.69. The second-order valence-corrected chi connectivity index (χ2v) is 10.6. The predicted molar refractivity (Wildman–Crippen MR) is 150 cm³/mol. The molecule has 2 heterocycles. The van der Waals surface area contributed by atoms with E-state index in [2.05, 4.69) is 41.8 Å². The van der Waals surface area contributed by atoms with Gasteiger partial charge in [-0.2, -0.15) is 0 Å². The number of amides is 1. The van der Waals surface area contributed by atoms with Crippen molar-refractivity contribution in [2.24, 2.45) is 4.99 Å². The highest BCUT2D eigenvalue weighted by Gasteiger charge is 2.28. The fourth-order valence-electron chi connectivity index (χ4n) is 4.72.